The van der Waals surface area contributed by atoms with Gasteiger partial charge < -0.3 is 15.6 Å². The molecule has 0 saturated carbocycles. The summed E-state index contributed by atoms with van der Waals surface area (Å²) in [4.78, 5) is 11.6. The minimum Gasteiger partial charge on any atom is -0.504 e. The Labute approximate surface area is 92.6 Å². The van der Waals surface area contributed by atoms with Gasteiger partial charge in [-0.25, -0.2) is 0 Å². The second kappa shape index (κ2) is 4.51. The van der Waals surface area contributed by atoms with Crippen LogP contribution in [0.3, 0.4) is 0 Å². The van der Waals surface area contributed by atoms with Gasteiger partial charge in [0.05, 0.1) is 23.7 Å². The van der Waals surface area contributed by atoms with Crippen LogP contribution in [0, 0.1) is 0 Å². The summed E-state index contributed by atoms with van der Waals surface area (Å²) in [5.74, 6) is -0.493. The highest BCUT2D eigenvalue weighted by molar-refractivity contribution is 6.34. The Morgan fingerprint density at radius 1 is 1.60 bits per heavy atom. The number of hydrogen-bond donors (Lipinski definition) is 2. The lowest BCUT2D eigenvalue weighted by atomic mass is 10.0. The van der Waals surface area contributed by atoms with E-state index in [1.807, 2.05) is 0 Å². The Hall–Kier alpha value is -1.26. The van der Waals surface area contributed by atoms with Crippen molar-refractivity contribution in [3.8, 4) is 11.5 Å². The van der Waals surface area contributed by atoms with Crippen LogP contribution < -0.4 is 10.5 Å². The number of aromatic hydroxyl groups is 1. The first-order chi connectivity index (χ1) is 6.99. The molecule has 0 aromatic heterocycles. The fraction of sp³-hybridized carbons (Fsp3) is 0.300. The number of phenols is 1. The van der Waals surface area contributed by atoms with Crippen molar-refractivity contribution in [3.63, 3.8) is 0 Å². The maximum atomic E-state index is 11.6. The molecule has 1 atom stereocenters. The summed E-state index contributed by atoms with van der Waals surface area (Å²) in [5.41, 5.74) is 5.44. The van der Waals surface area contributed by atoms with Crippen LogP contribution >= 0.6 is 11.6 Å². The number of carbonyl (C=O) groups excluding carboxylic acids is 1. The number of rotatable bonds is 3. The van der Waals surface area contributed by atoms with Crippen molar-refractivity contribution in [2.45, 2.75) is 13.0 Å². The van der Waals surface area contributed by atoms with Crippen LogP contribution in [-0.4, -0.2) is 24.0 Å². The molecule has 1 rings (SSSR count). The maximum Gasteiger partial charge on any atom is 0.184 e. The van der Waals surface area contributed by atoms with Crippen LogP contribution in [-0.2, 0) is 0 Å². The third-order valence-corrected chi connectivity index (χ3v) is 2.28. The lowest BCUT2D eigenvalue weighted by Gasteiger charge is -2.11. The molecule has 82 valence electrons. The van der Waals surface area contributed by atoms with Crippen molar-refractivity contribution in [2.24, 2.45) is 5.73 Å². The van der Waals surface area contributed by atoms with Crippen LogP contribution in [0.25, 0.3) is 0 Å². The Kier molecular flexibility index (Phi) is 3.55. The number of methoxy groups -OCH3 is 1. The summed E-state index contributed by atoms with van der Waals surface area (Å²) in [5, 5.41) is 9.87. The van der Waals surface area contributed by atoms with Crippen molar-refractivity contribution in [1.29, 1.82) is 0 Å². The predicted molar refractivity (Wildman–Crippen MR) is 57.6 cm³/mol. The van der Waals surface area contributed by atoms with E-state index in [-0.39, 0.29) is 22.1 Å². The van der Waals surface area contributed by atoms with E-state index in [1.54, 1.807) is 0 Å². The van der Waals surface area contributed by atoms with E-state index >= 15 is 0 Å². The van der Waals surface area contributed by atoms with Crippen molar-refractivity contribution < 1.29 is 14.6 Å². The van der Waals surface area contributed by atoms with Gasteiger partial charge in [0.2, 0.25) is 0 Å². The molecule has 3 N–H and O–H groups in total. The average molecular weight is 230 g/mol. The molecular formula is C10H12ClNO3. The molecule has 0 bridgehead atoms. The van der Waals surface area contributed by atoms with Crippen LogP contribution in [0.2, 0.25) is 5.02 Å². The van der Waals surface area contributed by atoms with Crippen molar-refractivity contribution >= 4 is 17.4 Å². The van der Waals surface area contributed by atoms with Crippen LogP contribution in [0.4, 0.5) is 0 Å². The number of benzene rings is 1. The van der Waals surface area contributed by atoms with Gasteiger partial charge in [-0.1, -0.05) is 11.6 Å². The first-order valence-electron chi connectivity index (χ1n) is 4.34. The SMILES string of the molecule is COc1ccc(Cl)c(C(=O)C(C)N)c1O. The van der Waals surface area contributed by atoms with Gasteiger partial charge >= 0.3 is 0 Å². The van der Waals surface area contributed by atoms with Gasteiger partial charge in [-0.2, -0.15) is 0 Å². The number of carbonyl (C=O) groups is 1. The zero-order valence-electron chi connectivity index (χ0n) is 8.45. The predicted octanol–water partition coefficient (Wildman–Crippen LogP) is 1.58. The maximum absolute atomic E-state index is 11.6. The number of Topliss-reactive ketones (excluding diaryl/α,β-unsaturated/α-hetero) is 1. The number of ketones is 1. The Morgan fingerprint density at radius 3 is 2.67 bits per heavy atom. The Balaban J connectivity index is 3.33. The highest BCUT2D eigenvalue weighted by Crippen LogP contribution is 2.35. The van der Waals surface area contributed by atoms with Gasteiger partial charge in [0.25, 0.3) is 0 Å². The second-order valence-corrected chi connectivity index (χ2v) is 3.53. The lowest BCUT2D eigenvalue weighted by Crippen LogP contribution is -2.27. The first kappa shape index (κ1) is 11.8. The smallest absolute Gasteiger partial charge is 0.184 e. The minimum atomic E-state index is -0.722. The van der Waals surface area contributed by atoms with E-state index in [0.717, 1.165) is 0 Å². The number of halogens is 1. The molecule has 0 spiro atoms. The van der Waals surface area contributed by atoms with Gasteiger partial charge in [-0.3, -0.25) is 4.79 Å². The molecule has 0 aliphatic rings. The molecule has 1 unspecified atom stereocenters. The topological polar surface area (TPSA) is 72.5 Å². The monoisotopic (exact) mass is 229 g/mol. The van der Waals surface area contributed by atoms with Crippen LogP contribution in [0.5, 0.6) is 11.5 Å². The van der Waals surface area contributed by atoms with Crippen molar-refractivity contribution in [1.82, 2.24) is 0 Å². The quantitative estimate of drug-likeness (QED) is 0.772. The van der Waals surface area contributed by atoms with Crippen molar-refractivity contribution in [2.75, 3.05) is 7.11 Å². The zero-order chi connectivity index (χ0) is 11.6. The molecule has 0 radical (unpaired) electrons. The van der Waals surface area contributed by atoms with E-state index in [4.69, 9.17) is 22.1 Å². The normalized spacial score (nSPS) is 12.3. The number of hydrogen-bond acceptors (Lipinski definition) is 4. The largest absolute Gasteiger partial charge is 0.504 e. The van der Waals surface area contributed by atoms with Crippen LogP contribution in [0.1, 0.15) is 17.3 Å². The second-order valence-electron chi connectivity index (χ2n) is 3.13. The highest BCUT2D eigenvalue weighted by atomic mass is 35.5. The minimum absolute atomic E-state index is 0.00557. The van der Waals surface area contributed by atoms with Gasteiger partial charge in [-0.15, -0.1) is 0 Å². The first-order valence-corrected chi connectivity index (χ1v) is 4.72. The van der Waals surface area contributed by atoms with E-state index in [0.29, 0.717) is 0 Å². The van der Waals surface area contributed by atoms with E-state index in [1.165, 1.54) is 26.2 Å². The molecule has 1 aromatic rings. The molecule has 0 aliphatic heterocycles. The van der Waals surface area contributed by atoms with E-state index < -0.39 is 11.8 Å². The summed E-state index contributed by atoms with van der Waals surface area (Å²) < 4.78 is 4.87. The summed E-state index contributed by atoms with van der Waals surface area (Å²) in [6.45, 7) is 1.53. The molecule has 4 nitrogen and oxygen atoms in total. The molecule has 1 aromatic carbocycles. The van der Waals surface area contributed by atoms with E-state index in [9.17, 15) is 9.90 Å². The summed E-state index contributed by atoms with van der Waals surface area (Å²) in [6.07, 6.45) is 0. The zero-order valence-corrected chi connectivity index (χ0v) is 9.21. The summed E-state index contributed by atoms with van der Waals surface area (Å²) in [6, 6.07) is 2.24. The molecule has 0 amide bonds. The summed E-state index contributed by atoms with van der Waals surface area (Å²) in [7, 11) is 1.39. The molecule has 0 saturated heterocycles. The Bertz CT molecular complexity index is 390. The number of phenolic OH excluding ortho intramolecular Hbond substituents is 1. The average Bonchev–Trinajstić information content (AvgIpc) is 2.17. The fourth-order valence-electron chi connectivity index (χ4n) is 1.17. The van der Waals surface area contributed by atoms with Gasteiger partial charge in [0.15, 0.2) is 17.3 Å². The fourth-order valence-corrected chi connectivity index (χ4v) is 1.42. The molecule has 15 heavy (non-hydrogen) atoms. The third kappa shape index (κ3) is 2.22. The number of ether oxygens (including phenoxy) is 1. The van der Waals surface area contributed by atoms with E-state index in [2.05, 4.69) is 0 Å². The molecule has 0 heterocycles. The van der Waals surface area contributed by atoms with Crippen LogP contribution in [0.15, 0.2) is 12.1 Å². The van der Waals surface area contributed by atoms with Gasteiger partial charge in [0.1, 0.15) is 0 Å². The third-order valence-electron chi connectivity index (χ3n) is 1.97. The van der Waals surface area contributed by atoms with Crippen molar-refractivity contribution in [3.05, 3.63) is 22.7 Å². The number of nitrogens with two attached hydrogens (primary N) is 1. The lowest BCUT2D eigenvalue weighted by molar-refractivity contribution is 0.0965. The molecule has 0 aliphatic carbocycles. The molecule has 0 fully saturated rings. The molecule has 5 heteroatoms. The standard InChI is InChI=1S/C10H12ClNO3/c1-5(12)9(13)8-6(11)3-4-7(15-2)10(8)14/h3-5,14H,12H2,1-2H3. The van der Waals surface area contributed by atoms with Gasteiger partial charge in [-0.05, 0) is 19.1 Å². The van der Waals surface area contributed by atoms with Gasteiger partial charge in [0, 0.05) is 0 Å². The molecular weight excluding hydrogens is 218 g/mol. The Morgan fingerprint density at radius 2 is 2.20 bits per heavy atom. The highest BCUT2D eigenvalue weighted by Gasteiger charge is 2.21. The summed E-state index contributed by atoms with van der Waals surface area (Å²) >= 11 is 5.81.